The zero-order valence-corrected chi connectivity index (χ0v) is 10.1. The quantitative estimate of drug-likeness (QED) is 0.724. The van der Waals surface area contributed by atoms with Crippen molar-refractivity contribution in [2.75, 3.05) is 6.61 Å². The van der Waals surface area contributed by atoms with Crippen LogP contribution in [0.25, 0.3) is 0 Å². The Hall–Kier alpha value is -0.540. The minimum atomic E-state index is -0.396. The van der Waals surface area contributed by atoms with E-state index in [-0.39, 0.29) is 0 Å². The highest BCUT2D eigenvalue weighted by Gasteiger charge is 2.18. The number of carbonyl (C=O) groups excluding carboxylic acids is 1. The molecular formula is C10H10BrClO2. The molecule has 4 heteroatoms. The minimum absolute atomic E-state index is 0.344. The van der Waals surface area contributed by atoms with Gasteiger partial charge in [-0.2, -0.15) is 0 Å². The highest BCUT2D eigenvalue weighted by Crippen LogP contribution is 2.28. The van der Waals surface area contributed by atoms with Crippen LogP contribution in [0.2, 0.25) is 0 Å². The maximum atomic E-state index is 11.5. The Kier molecular flexibility index (Phi) is 4.42. The van der Waals surface area contributed by atoms with Gasteiger partial charge in [0.25, 0.3) is 0 Å². The van der Waals surface area contributed by atoms with E-state index in [4.69, 9.17) is 16.3 Å². The van der Waals surface area contributed by atoms with Gasteiger partial charge in [0, 0.05) is 4.48 Å². The maximum Gasteiger partial charge on any atom is 0.340 e. The molecule has 0 aromatic carbocycles. The van der Waals surface area contributed by atoms with Crippen LogP contribution in [0.15, 0.2) is 33.3 Å². The highest BCUT2D eigenvalue weighted by atomic mass is 79.9. The maximum absolute atomic E-state index is 11.5. The molecule has 0 amide bonds. The molecule has 0 spiro atoms. The van der Waals surface area contributed by atoms with Crippen molar-refractivity contribution in [2.24, 2.45) is 0 Å². The Morgan fingerprint density at radius 1 is 1.71 bits per heavy atom. The molecule has 0 N–H and O–H groups in total. The topological polar surface area (TPSA) is 26.3 Å². The Balaban J connectivity index is 3.01. The van der Waals surface area contributed by atoms with Crippen molar-refractivity contribution < 1.29 is 9.53 Å². The molecule has 1 rings (SSSR count). The number of hydrogen-bond donors (Lipinski definition) is 0. The second-order valence-corrected chi connectivity index (χ2v) is 3.90. The number of hydrogen-bond acceptors (Lipinski definition) is 2. The van der Waals surface area contributed by atoms with Crippen LogP contribution in [0.4, 0.5) is 0 Å². The second-order valence-electron chi connectivity index (χ2n) is 2.63. The smallest absolute Gasteiger partial charge is 0.340 e. The van der Waals surface area contributed by atoms with Gasteiger partial charge in [0.05, 0.1) is 17.2 Å². The van der Waals surface area contributed by atoms with Crippen LogP contribution in [0.1, 0.15) is 13.3 Å². The summed E-state index contributed by atoms with van der Waals surface area (Å²) in [5.41, 5.74) is 0.391. The van der Waals surface area contributed by atoms with Gasteiger partial charge in [0.15, 0.2) is 0 Å². The molecule has 0 aromatic rings. The zero-order valence-electron chi connectivity index (χ0n) is 7.72. The molecule has 76 valence electrons. The Morgan fingerprint density at radius 3 is 3.07 bits per heavy atom. The third-order valence-electron chi connectivity index (χ3n) is 1.65. The monoisotopic (exact) mass is 276 g/mol. The summed E-state index contributed by atoms with van der Waals surface area (Å²) in [6.45, 7) is 2.10. The molecule has 2 nitrogen and oxygen atoms in total. The second kappa shape index (κ2) is 5.37. The predicted octanol–water partition coefficient (Wildman–Crippen LogP) is 3.28. The zero-order chi connectivity index (χ0) is 10.6. The number of esters is 1. The first-order chi connectivity index (χ1) is 6.66. The van der Waals surface area contributed by atoms with Crippen LogP contribution < -0.4 is 0 Å². The van der Waals surface area contributed by atoms with Crippen molar-refractivity contribution in [2.45, 2.75) is 13.3 Å². The number of ether oxygens (including phenoxy) is 1. The number of carbonyl (C=O) groups is 1. The van der Waals surface area contributed by atoms with Gasteiger partial charge in [-0.15, -0.1) is 0 Å². The lowest BCUT2D eigenvalue weighted by molar-refractivity contribution is -0.138. The van der Waals surface area contributed by atoms with Crippen LogP contribution in [0, 0.1) is 0 Å². The Labute approximate surface area is 96.4 Å². The van der Waals surface area contributed by atoms with Crippen molar-refractivity contribution in [1.29, 1.82) is 0 Å². The molecule has 0 radical (unpaired) electrons. The van der Waals surface area contributed by atoms with Crippen LogP contribution in [0.5, 0.6) is 0 Å². The summed E-state index contributed by atoms with van der Waals surface area (Å²) in [7, 11) is 0. The van der Waals surface area contributed by atoms with Gasteiger partial charge >= 0.3 is 5.97 Å². The largest absolute Gasteiger partial charge is 0.462 e. The van der Waals surface area contributed by atoms with Gasteiger partial charge < -0.3 is 4.74 Å². The van der Waals surface area contributed by atoms with Crippen LogP contribution in [0.3, 0.4) is 0 Å². The average molecular weight is 278 g/mol. The van der Waals surface area contributed by atoms with E-state index in [0.29, 0.717) is 21.7 Å². The van der Waals surface area contributed by atoms with E-state index in [1.807, 2.05) is 12.2 Å². The van der Waals surface area contributed by atoms with E-state index < -0.39 is 5.97 Å². The summed E-state index contributed by atoms with van der Waals surface area (Å²) in [6.07, 6.45) is 6.21. The summed E-state index contributed by atoms with van der Waals surface area (Å²) in [4.78, 5) is 11.5. The van der Waals surface area contributed by atoms with Crippen molar-refractivity contribution in [3.05, 3.63) is 33.3 Å². The third kappa shape index (κ3) is 2.72. The van der Waals surface area contributed by atoms with E-state index in [9.17, 15) is 4.79 Å². The Bertz CT molecular complexity index is 329. The summed E-state index contributed by atoms with van der Waals surface area (Å²) >= 11 is 9.23. The molecule has 14 heavy (non-hydrogen) atoms. The van der Waals surface area contributed by atoms with Gasteiger partial charge in [-0.05, 0) is 19.4 Å². The van der Waals surface area contributed by atoms with E-state index in [1.165, 1.54) is 0 Å². The molecule has 0 fully saturated rings. The predicted molar refractivity (Wildman–Crippen MR) is 60.3 cm³/mol. The molecule has 0 bridgehead atoms. The fourth-order valence-corrected chi connectivity index (χ4v) is 1.99. The molecule has 0 saturated carbocycles. The fraction of sp³-hybridized carbons (Fsp3) is 0.300. The first kappa shape index (κ1) is 11.5. The van der Waals surface area contributed by atoms with E-state index >= 15 is 0 Å². The molecule has 1 aliphatic carbocycles. The van der Waals surface area contributed by atoms with Gasteiger partial charge in [-0.25, -0.2) is 4.79 Å². The summed E-state index contributed by atoms with van der Waals surface area (Å²) in [5, 5.41) is 0.407. The highest BCUT2D eigenvalue weighted by molar-refractivity contribution is 9.12. The summed E-state index contributed by atoms with van der Waals surface area (Å²) in [5.74, 6) is -0.396. The van der Waals surface area contributed by atoms with Crippen LogP contribution >= 0.6 is 27.5 Å². The molecule has 0 aromatic heterocycles. The lowest BCUT2D eigenvalue weighted by atomic mass is 10.2. The molecule has 0 saturated heterocycles. The lowest BCUT2D eigenvalue weighted by Gasteiger charge is -2.06. The number of allylic oxidation sites excluding steroid dienone is 4. The third-order valence-corrected chi connectivity index (χ3v) is 2.69. The molecule has 0 aliphatic heterocycles. The van der Waals surface area contributed by atoms with Gasteiger partial charge in [-0.3, -0.25) is 0 Å². The van der Waals surface area contributed by atoms with E-state index in [0.717, 1.165) is 6.42 Å². The van der Waals surface area contributed by atoms with Crippen LogP contribution in [-0.2, 0) is 9.53 Å². The summed E-state index contributed by atoms with van der Waals surface area (Å²) in [6, 6.07) is 0. The van der Waals surface area contributed by atoms with Gasteiger partial charge in [-0.1, -0.05) is 39.7 Å². The summed E-state index contributed by atoms with van der Waals surface area (Å²) < 4.78 is 5.58. The van der Waals surface area contributed by atoms with Crippen molar-refractivity contribution >= 4 is 33.5 Å². The van der Waals surface area contributed by atoms with Crippen molar-refractivity contribution in [1.82, 2.24) is 0 Å². The van der Waals surface area contributed by atoms with Gasteiger partial charge in [0.2, 0.25) is 0 Å². The van der Waals surface area contributed by atoms with E-state index in [1.54, 1.807) is 13.0 Å². The number of halogens is 2. The van der Waals surface area contributed by atoms with E-state index in [2.05, 4.69) is 15.9 Å². The Morgan fingerprint density at radius 2 is 2.43 bits per heavy atom. The van der Waals surface area contributed by atoms with Crippen LogP contribution in [-0.4, -0.2) is 12.6 Å². The molecule has 0 unspecified atom stereocenters. The van der Waals surface area contributed by atoms with Crippen molar-refractivity contribution in [3.63, 3.8) is 0 Å². The molecule has 0 heterocycles. The SMILES string of the molecule is CCOC(=O)C1=C(Cl)C=CCC=C1Br. The van der Waals surface area contributed by atoms with Crippen molar-refractivity contribution in [3.8, 4) is 0 Å². The fourth-order valence-electron chi connectivity index (χ4n) is 1.04. The standard InChI is InChI=1S/C10H10BrClO2/c1-2-14-10(13)9-7(11)5-3-4-6-8(9)12/h4-6H,2-3H2,1H3. The normalized spacial score (nSPS) is 16.4. The molecule has 0 atom stereocenters. The average Bonchev–Trinajstić information content (AvgIpc) is 2.28. The molecule has 1 aliphatic rings. The minimum Gasteiger partial charge on any atom is -0.462 e. The number of rotatable bonds is 2. The first-order valence-corrected chi connectivity index (χ1v) is 5.43. The first-order valence-electron chi connectivity index (χ1n) is 4.26. The molecular weight excluding hydrogens is 267 g/mol. The van der Waals surface area contributed by atoms with Gasteiger partial charge in [0.1, 0.15) is 0 Å². The lowest BCUT2D eigenvalue weighted by Crippen LogP contribution is -2.08.